The van der Waals surface area contributed by atoms with Gasteiger partial charge in [-0.25, -0.2) is 14.8 Å². The molecule has 3 atom stereocenters. The SMILES string of the molecule is O=C(Nc1ccc(Oc2ccccc2)cc1)Nc1ccc([C@@H]2O[C@H](CSc3ncccn3)C[C@H](c3ccc(CO)cc3)O2)cc1. The fraction of sp³-hybridized carbons (Fsp3) is 0.171. The predicted octanol–water partition coefficient (Wildman–Crippen LogP) is 7.74. The molecule has 2 heterocycles. The highest BCUT2D eigenvalue weighted by molar-refractivity contribution is 7.99. The zero-order valence-corrected chi connectivity index (χ0v) is 25.1. The lowest BCUT2D eigenvalue weighted by molar-refractivity contribution is -0.245. The van der Waals surface area contributed by atoms with Crippen molar-refractivity contribution in [1.82, 2.24) is 9.97 Å². The first-order valence-electron chi connectivity index (χ1n) is 14.5. The average molecular weight is 621 g/mol. The van der Waals surface area contributed by atoms with Crippen molar-refractivity contribution in [2.75, 3.05) is 16.4 Å². The topological polar surface area (TPSA) is 115 Å². The van der Waals surface area contributed by atoms with Crippen molar-refractivity contribution in [2.45, 2.75) is 36.7 Å². The minimum atomic E-state index is -0.608. The Morgan fingerprint density at radius 3 is 2.07 bits per heavy atom. The number of nitrogens with zero attached hydrogens (tertiary/aromatic N) is 2. The van der Waals surface area contributed by atoms with Crippen LogP contribution in [0.25, 0.3) is 0 Å². The van der Waals surface area contributed by atoms with Gasteiger partial charge in [-0.15, -0.1) is 0 Å². The van der Waals surface area contributed by atoms with E-state index < -0.39 is 6.29 Å². The molecule has 0 saturated carbocycles. The zero-order chi connectivity index (χ0) is 30.8. The molecule has 0 spiro atoms. The van der Waals surface area contributed by atoms with Gasteiger partial charge in [0, 0.05) is 41.5 Å². The maximum absolute atomic E-state index is 12.7. The van der Waals surface area contributed by atoms with Gasteiger partial charge in [0.1, 0.15) is 11.5 Å². The van der Waals surface area contributed by atoms with Crippen molar-refractivity contribution in [3.05, 3.63) is 138 Å². The average Bonchev–Trinajstić information content (AvgIpc) is 3.09. The Morgan fingerprint density at radius 1 is 0.778 bits per heavy atom. The fourth-order valence-electron chi connectivity index (χ4n) is 4.80. The number of hydrogen-bond donors (Lipinski definition) is 3. The molecule has 10 heteroatoms. The van der Waals surface area contributed by atoms with Crippen LogP contribution >= 0.6 is 11.8 Å². The molecule has 1 fully saturated rings. The highest BCUT2D eigenvalue weighted by atomic mass is 32.2. The van der Waals surface area contributed by atoms with E-state index in [4.69, 9.17) is 14.2 Å². The van der Waals surface area contributed by atoms with Gasteiger partial charge in [-0.1, -0.05) is 66.4 Å². The zero-order valence-electron chi connectivity index (χ0n) is 24.3. The molecule has 2 amide bonds. The molecule has 0 aliphatic carbocycles. The van der Waals surface area contributed by atoms with E-state index >= 15 is 0 Å². The van der Waals surface area contributed by atoms with Crippen LogP contribution in [-0.2, 0) is 16.1 Å². The Morgan fingerprint density at radius 2 is 1.40 bits per heavy atom. The molecule has 1 saturated heterocycles. The highest BCUT2D eigenvalue weighted by Gasteiger charge is 2.32. The summed E-state index contributed by atoms with van der Waals surface area (Å²) in [5, 5.41) is 15.9. The second-order valence-corrected chi connectivity index (χ2v) is 11.3. The first-order valence-corrected chi connectivity index (χ1v) is 15.5. The summed E-state index contributed by atoms with van der Waals surface area (Å²) < 4.78 is 18.6. The lowest BCUT2D eigenvalue weighted by Crippen LogP contribution is -2.31. The van der Waals surface area contributed by atoms with E-state index in [9.17, 15) is 9.90 Å². The highest BCUT2D eigenvalue weighted by Crippen LogP contribution is 2.39. The second kappa shape index (κ2) is 14.8. The number of benzene rings is 4. The molecule has 1 aliphatic heterocycles. The van der Waals surface area contributed by atoms with Crippen LogP contribution in [0.4, 0.5) is 16.2 Å². The van der Waals surface area contributed by atoms with Crippen molar-refractivity contribution >= 4 is 29.2 Å². The van der Waals surface area contributed by atoms with Crippen LogP contribution in [0.3, 0.4) is 0 Å². The number of para-hydroxylation sites is 1. The Labute approximate surface area is 265 Å². The minimum absolute atomic E-state index is 0.0116. The first-order chi connectivity index (χ1) is 22.1. The summed E-state index contributed by atoms with van der Waals surface area (Å²) in [6.07, 6.45) is 3.18. The Bertz CT molecular complexity index is 1660. The van der Waals surface area contributed by atoms with Crippen LogP contribution in [0.15, 0.2) is 127 Å². The van der Waals surface area contributed by atoms with Gasteiger partial charge in [0.25, 0.3) is 0 Å². The number of ether oxygens (including phenoxy) is 3. The first kappa shape index (κ1) is 30.3. The number of rotatable bonds is 10. The number of anilines is 2. The van der Waals surface area contributed by atoms with Gasteiger partial charge in [0.05, 0.1) is 18.8 Å². The molecule has 45 heavy (non-hydrogen) atoms. The van der Waals surface area contributed by atoms with Crippen LogP contribution in [0.5, 0.6) is 11.5 Å². The van der Waals surface area contributed by atoms with Crippen LogP contribution < -0.4 is 15.4 Å². The van der Waals surface area contributed by atoms with Crippen molar-refractivity contribution in [2.24, 2.45) is 0 Å². The molecule has 1 aliphatic rings. The number of urea groups is 1. The smallest absolute Gasteiger partial charge is 0.323 e. The van der Waals surface area contributed by atoms with Crippen molar-refractivity contribution in [3.63, 3.8) is 0 Å². The normalized spacial score (nSPS) is 17.8. The summed E-state index contributed by atoms with van der Waals surface area (Å²) in [4.78, 5) is 21.3. The number of thioether (sulfide) groups is 1. The fourth-order valence-corrected chi connectivity index (χ4v) is 5.62. The third-order valence-electron chi connectivity index (χ3n) is 7.09. The molecule has 5 aromatic rings. The van der Waals surface area contributed by atoms with Crippen molar-refractivity contribution in [3.8, 4) is 11.5 Å². The van der Waals surface area contributed by atoms with E-state index in [0.717, 1.165) is 22.4 Å². The quantitative estimate of drug-likeness (QED) is 0.107. The Hall–Kier alpha value is -4.74. The number of aromatic nitrogens is 2. The molecule has 9 nitrogen and oxygen atoms in total. The number of carbonyl (C=O) groups is 1. The third-order valence-corrected chi connectivity index (χ3v) is 8.09. The molecule has 3 N–H and O–H groups in total. The van der Waals surface area contributed by atoms with Crippen LogP contribution in [-0.4, -0.2) is 33.0 Å². The largest absolute Gasteiger partial charge is 0.457 e. The summed E-state index contributed by atoms with van der Waals surface area (Å²) in [7, 11) is 0. The van der Waals surface area contributed by atoms with E-state index in [1.807, 2.05) is 78.9 Å². The van der Waals surface area contributed by atoms with E-state index in [2.05, 4.69) is 20.6 Å². The lowest BCUT2D eigenvalue weighted by atomic mass is 10.0. The summed E-state index contributed by atoms with van der Waals surface area (Å²) >= 11 is 1.54. The molecule has 228 valence electrons. The molecular formula is C35H32N4O5S. The number of hydrogen-bond acceptors (Lipinski definition) is 8. The van der Waals surface area contributed by atoms with Gasteiger partial charge < -0.3 is 30.0 Å². The number of amides is 2. The van der Waals surface area contributed by atoms with Crippen molar-refractivity contribution < 1.29 is 24.1 Å². The molecular weight excluding hydrogens is 588 g/mol. The van der Waals surface area contributed by atoms with Gasteiger partial charge in [0.15, 0.2) is 11.4 Å². The van der Waals surface area contributed by atoms with Gasteiger partial charge >= 0.3 is 6.03 Å². The van der Waals surface area contributed by atoms with E-state index in [0.29, 0.717) is 34.5 Å². The monoisotopic (exact) mass is 620 g/mol. The number of carbonyl (C=O) groups excluding carboxylic acids is 1. The number of aliphatic hydroxyl groups is 1. The summed E-state index contributed by atoms with van der Waals surface area (Å²) in [5.74, 6) is 2.08. The molecule has 6 rings (SSSR count). The van der Waals surface area contributed by atoms with Gasteiger partial charge in [-0.3, -0.25) is 0 Å². The molecule has 1 aromatic heterocycles. The number of aliphatic hydroxyl groups excluding tert-OH is 1. The number of nitrogens with one attached hydrogen (secondary N) is 2. The van der Waals surface area contributed by atoms with Gasteiger partial charge in [-0.2, -0.15) is 0 Å². The van der Waals surface area contributed by atoms with Crippen LogP contribution in [0.1, 0.15) is 35.5 Å². The predicted molar refractivity (Wildman–Crippen MR) is 173 cm³/mol. The molecule has 4 aromatic carbocycles. The summed E-state index contributed by atoms with van der Waals surface area (Å²) in [6.45, 7) is -0.0116. The Kier molecular flexibility index (Phi) is 9.98. The molecule has 0 radical (unpaired) electrons. The van der Waals surface area contributed by atoms with Crippen molar-refractivity contribution in [1.29, 1.82) is 0 Å². The minimum Gasteiger partial charge on any atom is -0.457 e. The van der Waals surface area contributed by atoms with E-state index in [1.54, 1.807) is 54.5 Å². The molecule has 0 unspecified atom stereocenters. The summed E-state index contributed by atoms with van der Waals surface area (Å²) in [6, 6.07) is 33.3. The van der Waals surface area contributed by atoms with E-state index in [1.165, 1.54) is 0 Å². The lowest BCUT2D eigenvalue weighted by Gasteiger charge is -2.36. The maximum atomic E-state index is 12.7. The third kappa shape index (κ3) is 8.46. The second-order valence-electron chi connectivity index (χ2n) is 10.3. The van der Waals surface area contributed by atoms with Crippen LogP contribution in [0.2, 0.25) is 0 Å². The summed E-state index contributed by atoms with van der Waals surface area (Å²) in [5.41, 5.74) is 3.95. The standard InChI is InChI=1S/C35H32N4O5S/c40-22-24-7-9-25(10-8-24)32-21-31(23-45-35-36-19-4-20-37-35)43-33(44-32)26-11-13-27(14-12-26)38-34(41)39-28-15-17-30(18-16-28)42-29-5-2-1-3-6-29/h1-20,31-33,40H,21-23H2,(H2,38,39,41)/t31-,32+,33+/m0/s1. The Balaban J connectivity index is 1.08. The van der Waals surface area contributed by atoms with Gasteiger partial charge in [-0.05, 0) is 65.7 Å². The molecule has 0 bridgehead atoms. The van der Waals surface area contributed by atoms with Gasteiger partial charge in [0.2, 0.25) is 0 Å². The van der Waals surface area contributed by atoms with E-state index in [-0.39, 0.29) is 24.8 Å². The van der Waals surface area contributed by atoms with Crippen LogP contribution in [0, 0.1) is 0 Å². The maximum Gasteiger partial charge on any atom is 0.323 e.